The third-order valence-corrected chi connectivity index (χ3v) is 5.33. The Labute approximate surface area is 161 Å². The van der Waals surface area contributed by atoms with E-state index in [2.05, 4.69) is 42.3 Å². The van der Waals surface area contributed by atoms with Gasteiger partial charge in [-0.05, 0) is 61.7 Å². The minimum absolute atomic E-state index is 0.148. The van der Waals surface area contributed by atoms with Crippen LogP contribution < -0.4 is 10.2 Å². The largest absolute Gasteiger partial charge is 0.368 e. The number of anilines is 1. The number of hydrogen-bond acceptors (Lipinski definition) is 3. The first-order valence-corrected chi connectivity index (χ1v) is 9.58. The summed E-state index contributed by atoms with van der Waals surface area (Å²) in [4.78, 5) is 16.7. The first-order valence-electron chi connectivity index (χ1n) is 9.58. The Balaban J connectivity index is 1.40. The molecule has 0 saturated carbocycles. The number of benzene rings is 2. The van der Waals surface area contributed by atoms with E-state index in [0.717, 1.165) is 38.2 Å². The lowest BCUT2D eigenvalue weighted by Crippen LogP contribution is -2.51. The smallest absolute Gasteiger partial charge is 0.236 e. The van der Waals surface area contributed by atoms with E-state index < -0.39 is 0 Å². The van der Waals surface area contributed by atoms with Crippen LogP contribution in [0.3, 0.4) is 0 Å². The van der Waals surface area contributed by atoms with Gasteiger partial charge in [-0.3, -0.25) is 4.79 Å². The summed E-state index contributed by atoms with van der Waals surface area (Å²) in [5.41, 5.74) is 4.97. The van der Waals surface area contributed by atoms with Crippen molar-refractivity contribution in [2.45, 2.75) is 20.3 Å². The number of piperazine rings is 1. The lowest BCUT2D eigenvalue weighted by Gasteiger charge is -2.37. The van der Waals surface area contributed by atoms with Crippen LogP contribution in [0.2, 0.25) is 0 Å². The molecule has 1 aliphatic rings. The van der Waals surface area contributed by atoms with Crippen LogP contribution in [0.4, 0.5) is 10.1 Å². The molecule has 0 bridgehead atoms. The van der Waals surface area contributed by atoms with E-state index in [0.29, 0.717) is 13.1 Å². The summed E-state index contributed by atoms with van der Waals surface area (Å²) >= 11 is 0. The van der Waals surface area contributed by atoms with E-state index in [9.17, 15) is 9.18 Å². The highest BCUT2D eigenvalue weighted by molar-refractivity contribution is 5.78. The molecule has 2 aromatic carbocycles. The van der Waals surface area contributed by atoms with Crippen LogP contribution in [0, 0.1) is 19.7 Å². The van der Waals surface area contributed by atoms with Crippen molar-refractivity contribution in [2.24, 2.45) is 0 Å². The van der Waals surface area contributed by atoms with Gasteiger partial charge in [0.2, 0.25) is 5.91 Å². The Morgan fingerprint density at radius 1 is 1.04 bits per heavy atom. The van der Waals surface area contributed by atoms with Crippen LogP contribution in [-0.4, -0.2) is 50.1 Å². The zero-order valence-corrected chi connectivity index (χ0v) is 16.2. The van der Waals surface area contributed by atoms with Gasteiger partial charge in [-0.2, -0.15) is 0 Å². The molecule has 1 amide bonds. The van der Waals surface area contributed by atoms with Crippen LogP contribution in [0.15, 0.2) is 42.5 Å². The molecule has 4 nitrogen and oxygen atoms in total. The molecule has 144 valence electrons. The Bertz CT molecular complexity index is 768. The molecule has 0 aliphatic carbocycles. The lowest BCUT2D eigenvalue weighted by molar-refractivity contribution is -0.130. The van der Waals surface area contributed by atoms with Crippen LogP contribution in [-0.2, 0) is 11.2 Å². The number of carbonyl (C=O) groups excluding carboxylic acids is 1. The number of nitrogens with one attached hydrogen (secondary N) is 1. The van der Waals surface area contributed by atoms with E-state index in [1.54, 1.807) is 12.1 Å². The number of hydrogen-bond donors (Lipinski definition) is 1. The maximum Gasteiger partial charge on any atom is 0.236 e. The average Bonchev–Trinajstić information content (AvgIpc) is 2.69. The monoisotopic (exact) mass is 369 g/mol. The number of nitrogens with zero attached hydrogens (tertiary/aromatic N) is 2. The van der Waals surface area contributed by atoms with Crippen molar-refractivity contribution >= 4 is 11.6 Å². The van der Waals surface area contributed by atoms with Gasteiger partial charge in [-0.25, -0.2) is 4.39 Å². The van der Waals surface area contributed by atoms with Crippen LogP contribution in [0.5, 0.6) is 0 Å². The highest BCUT2D eigenvalue weighted by Gasteiger charge is 2.21. The fourth-order valence-electron chi connectivity index (χ4n) is 3.47. The van der Waals surface area contributed by atoms with Gasteiger partial charge in [0.1, 0.15) is 5.82 Å². The Hall–Kier alpha value is -2.40. The van der Waals surface area contributed by atoms with E-state index in [1.807, 2.05) is 4.90 Å². The summed E-state index contributed by atoms with van der Waals surface area (Å²) in [6.07, 6.45) is 0.786. The molecular formula is C22H28FN3O. The van der Waals surface area contributed by atoms with Crippen molar-refractivity contribution < 1.29 is 9.18 Å². The van der Waals surface area contributed by atoms with Crippen LogP contribution >= 0.6 is 0 Å². The van der Waals surface area contributed by atoms with Crippen molar-refractivity contribution in [3.63, 3.8) is 0 Å². The number of amides is 1. The normalized spacial score (nSPS) is 14.5. The third kappa shape index (κ3) is 5.07. The minimum Gasteiger partial charge on any atom is -0.368 e. The quantitative estimate of drug-likeness (QED) is 0.796. The number of rotatable bonds is 6. The molecule has 0 radical (unpaired) electrons. The first-order chi connectivity index (χ1) is 13.0. The van der Waals surface area contributed by atoms with Crippen molar-refractivity contribution in [3.05, 3.63) is 65.0 Å². The molecular weight excluding hydrogens is 341 g/mol. The third-order valence-electron chi connectivity index (χ3n) is 5.33. The predicted molar refractivity (Wildman–Crippen MR) is 108 cm³/mol. The molecule has 1 N–H and O–H groups in total. The SMILES string of the molecule is Cc1cccc(N2CCN(C(=O)CNCCc3ccc(F)cc3)CC2)c1C. The molecule has 1 fully saturated rings. The summed E-state index contributed by atoms with van der Waals surface area (Å²) in [7, 11) is 0. The Morgan fingerprint density at radius 3 is 2.44 bits per heavy atom. The summed E-state index contributed by atoms with van der Waals surface area (Å²) in [6.45, 7) is 8.60. The molecule has 0 unspecified atom stereocenters. The van der Waals surface area contributed by atoms with E-state index in [-0.39, 0.29) is 11.7 Å². The minimum atomic E-state index is -0.220. The highest BCUT2D eigenvalue weighted by Crippen LogP contribution is 2.23. The van der Waals surface area contributed by atoms with Crippen molar-refractivity contribution in [1.29, 1.82) is 0 Å². The molecule has 0 atom stereocenters. The molecule has 1 saturated heterocycles. The number of aryl methyl sites for hydroxylation is 1. The average molecular weight is 369 g/mol. The van der Waals surface area contributed by atoms with Gasteiger partial charge < -0.3 is 15.1 Å². The molecule has 0 spiro atoms. The second-order valence-electron chi connectivity index (χ2n) is 7.14. The van der Waals surface area contributed by atoms with Gasteiger partial charge in [-0.15, -0.1) is 0 Å². The van der Waals surface area contributed by atoms with Crippen LogP contribution in [0.1, 0.15) is 16.7 Å². The Kier molecular flexibility index (Phi) is 6.45. The maximum atomic E-state index is 12.9. The Morgan fingerprint density at radius 2 is 1.74 bits per heavy atom. The molecule has 27 heavy (non-hydrogen) atoms. The topological polar surface area (TPSA) is 35.6 Å². The summed E-state index contributed by atoms with van der Waals surface area (Å²) in [5.74, 6) is -0.0726. The molecule has 0 aromatic heterocycles. The van der Waals surface area contributed by atoms with E-state index in [1.165, 1.54) is 28.9 Å². The van der Waals surface area contributed by atoms with Gasteiger partial charge in [-0.1, -0.05) is 24.3 Å². The summed E-state index contributed by atoms with van der Waals surface area (Å²) < 4.78 is 12.9. The summed E-state index contributed by atoms with van der Waals surface area (Å²) in [6, 6.07) is 12.9. The molecule has 1 aliphatic heterocycles. The van der Waals surface area contributed by atoms with Gasteiger partial charge >= 0.3 is 0 Å². The zero-order chi connectivity index (χ0) is 19.2. The van der Waals surface area contributed by atoms with Crippen molar-refractivity contribution in [1.82, 2.24) is 10.2 Å². The first kappa shape index (κ1) is 19.4. The standard InChI is InChI=1S/C22H28FN3O/c1-17-4-3-5-21(18(17)2)25-12-14-26(15-13-25)22(27)16-24-11-10-19-6-8-20(23)9-7-19/h3-9,24H,10-16H2,1-2H3. The number of halogens is 1. The van der Waals surface area contributed by atoms with E-state index >= 15 is 0 Å². The molecule has 3 rings (SSSR count). The van der Waals surface area contributed by atoms with Gasteiger partial charge in [0.05, 0.1) is 6.54 Å². The van der Waals surface area contributed by atoms with Crippen molar-refractivity contribution in [3.8, 4) is 0 Å². The van der Waals surface area contributed by atoms with Gasteiger partial charge in [0, 0.05) is 31.9 Å². The molecule has 5 heteroatoms. The van der Waals surface area contributed by atoms with Gasteiger partial charge in [0.25, 0.3) is 0 Å². The van der Waals surface area contributed by atoms with Crippen molar-refractivity contribution in [2.75, 3.05) is 44.2 Å². The zero-order valence-electron chi connectivity index (χ0n) is 16.2. The maximum absolute atomic E-state index is 12.9. The number of carbonyl (C=O) groups is 1. The molecule has 2 aromatic rings. The van der Waals surface area contributed by atoms with E-state index in [4.69, 9.17) is 0 Å². The molecule has 1 heterocycles. The predicted octanol–water partition coefficient (Wildman–Crippen LogP) is 2.92. The fourth-order valence-corrected chi connectivity index (χ4v) is 3.47. The van der Waals surface area contributed by atoms with Gasteiger partial charge in [0.15, 0.2) is 0 Å². The highest BCUT2D eigenvalue weighted by atomic mass is 19.1. The fraction of sp³-hybridized carbons (Fsp3) is 0.409. The second kappa shape index (κ2) is 9.00. The summed E-state index contributed by atoms with van der Waals surface area (Å²) in [5, 5.41) is 3.21. The van der Waals surface area contributed by atoms with Crippen LogP contribution in [0.25, 0.3) is 0 Å². The lowest BCUT2D eigenvalue weighted by atomic mass is 10.1. The second-order valence-corrected chi connectivity index (χ2v) is 7.14.